The lowest BCUT2D eigenvalue weighted by Gasteiger charge is -2.32. The molecule has 1 atom stereocenters. The van der Waals surface area contributed by atoms with E-state index in [1.165, 1.54) is 0 Å². The average Bonchev–Trinajstić information content (AvgIpc) is 2.83. The van der Waals surface area contributed by atoms with Gasteiger partial charge in [0.25, 0.3) is 0 Å². The highest BCUT2D eigenvalue weighted by Gasteiger charge is 2.32. The number of hydrogen-bond donors (Lipinski definition) is 2. The Kier molecular flexibility index (Phi) is 14.3. The van der Waals surface area contributed by atoms with Crippen LogP contribution in [-0.2, 0) is 14.3 Å². The quantitative estimate of drug-likeness (QED) is 0.252. The molecule has 7 nitrogen and oxygen atoms in total. The molecule has 2 N–H and O–H groups in total. The van der Waals surface area contributed by atoms with Crippen LogP contribution in [0.4, 0.5) is 4.79 Å². The van der Waals surface area contributed by atoms with Gasteiger partial charge in [-0.3, -0.25) is 9.59 Å². The number of hydrogen-bond acceptors (Lipinski definition) is 4. The largest absolute Gasteiger partial charge is 0.444 e. The molecule has 3 amide bonds. The zero-order valence-electron chi connectivity index (χ0n) is 22.8. The van der Waals surface area contributed by atoms with E-state index < -0.39 is 17.7 Å². The number of carbonyl (C=O) groups excluding carboxylic acids is 3. The van der Waals surface area contributed by atoms with E-state index in [-0.39, 0.29) is 18.4 Å². The summed E-state index contributed by atoms with van der Waals surface area (Å²) in [4.78, 5) is 40.7. The molecule has 0 bridgehead atoms. The van der Waals surface area contributed by atoms with Crippen molar-refractivity contribution in [3.05, 3.63) is 35.4 Å². The molecule has 0 radical (unpaired) electrons. The number of nitrogens with one attached hydrogen (secondary N) is 2. The van der Waals surface area contributed by atoms with Gasteiger partial charge in [-0.05, 0) is 45.2 Å². The van der Waals surface area contributed by atoms with Crippen molar-refractivity contribution in [3.8, 4) is 12.3 Å². The Balaban J connectivity index is 3.22. The van der Waals surface area contributed by atoms with Crippen LogP contribution >= 0.6 is 0 Å². The van der Waals surface area contributed by atoms with E-state index in [0.29, 0.717) is 24.2 Å². The van der Waals surface area contributed by atoms with Gasteiger partial charge >= 0.3 is 6.09 Å². The molecular formula is C29H45N3O4. The fourth-order valence-corrected chi connectivity index (χ4v) is 3.85. The zero-order valence-corrected chi connectivity index (χ0v) is 22.8. The van der Waals surface area contributed by atoms with E-state index in [4.69, 9.17) is 11.2 Å². The summed E-state index contributed by atoms with van der Waals surface area (Å²) >= 11 is 0. The fraction of sp³-hybridized carbons (Fsp3) is 0.621. The van der Waals surface area contributed by atoms with Gasteiger partial charge < -0.3 is 20.3 Å². The van der Waals surface area contributed by atoms with Crippen LogP contribution in [-0.4, -0.2) is 48.0 Å². The van der Waals surface area contributed by atoms with Crippen molar-refractivity contribution in [2.24, 2.45) is 0 Å². The summed E-state index contributed by atoms with van der Waals surface area (Å²) in [6.07, 6.45) is 13.0. The molecule has 0 saturated heterocycles. The van der Waals surface area contributed by atoms with Crippen LogP contribution in [0.25, 0.3) is 0 Å². The number of amides is 3. The standard InChI is InChI=1S/C29H45N3O4/c1-7-10-12-13-17-21-32(25(33)22-31-28(35)36-29(4,5)6)26(27(34)30-20-16-11-8-2)24-19-15-14-18-23(24)9-3/h3,14-15,18-19,26H,7-8,10-13,16-17,20-22H2,1-2,4-6H3,(H,30,34)(H,31,35). The van der Waals surface area contributed by atoms with Gasteiger partial charge in [-0.25, -0.2) is 4.79 Å². The second-order valence-corrected chi connectivity index (χ2v) is 9.99. The molecule has 0 spiro atoms. The molecule has 1 unspecified atom stereocenters. The molecule has 1 aromatic rings. The van der Waals surface area contributed by atoms with E-state index in [1.807, 2.05) is 12.1 Å². The van der Waals surface area contributed by atoms with Gasteiger partial charge in [-0.1, -0.05) is 76.5 Å². The van der Waals surface area contributed by atoms with Gasteiger partial charge in [-0.2, -0.15) is 0 Å². The number of carbonyl (C=O) groups is 3. The molecular weight excluding hydrogens is 454 g/mol. The van der Waals surface area contributed by atoms with E-state index >= 15 is 0 Å². The van der Waals surface area contributed by atoms with Crippen LogP contribution in [0.3, 0.4) is 0 Å². The number of unbranched alkanes of at least 4 members (excludes halogenated alkanes) is 6. The van der Waals surface area contributed by atoms with Crippen molar-refractivity contribution < 1.29 is 19.1 Å². The first-order chi connectivity index (χ1) is 17.1. The van der Waals surface area contributed by atoms with Crippen molar-refractivity contribution in [1.29, 1.82) is 0 Å². The molecule has 0 heterocycles. The van der Waals surface area contributed by atoms with Gasteiger partial charge in [0.2, 0.25) is 11.8 Å². The third-order valence-corrected chi connectivity index (χ3v) is 5.66. The SMILES string of the molecule is C#Cc1ccccc1C(C(=O)NCCCCC)N(CCCCCCC)C(=O)CNC(=O)OC(C)(C)C. The Morgan fingerprint density at radius 3 is 2.25 bits per heavy atom. The first kappa shape index (κ1) is 31.0. The van der Waals surface area contributed by atoms with Gasteiger partial charge in [0.1, 0.15) is 18.2 Å². The highest BCUT2D eigenvalue weighted by Crippen LogP contribution is 2.26. The second-order valence-electron chi connectivity index (χ2n) is 9.99. The first-order valence-electron chi connectivity index (χ1n) is 13.2. The minimum absolute atomic E-state index is 0.270. The Bertz CT molecular complexity index is 870. The summed E-state index contributed by atoms with van der Waals surface area (Å²) in [5, 5.41) is 5.54. The van der Waals surface area contributed by atoms with Crippen molar-refractivity contribution in [3.63, 3.8) is 0 Å². The van der Waals surface area contributed by atoms with E-state index in [0.717, 1.165) is 51.4 Å². The summed E-state index contributed by atoms with van der Waals surface area (Å²) < 4.78 is 5.27. The number of alkyl carbamates (subject to hydrolysis) is 1. The van der Waals surface area contributed by atoms with Crippen molar-refractivity contribution in [2.75, 3.05) is 19.6 Å². The van der Waals surface area contributed by atoms with Crippen molar-refractivity contribution >= 4 is 17.9 Å². The molecule has 200 valence electrons. The van der Waals surface area contributed by atoms with Gasteiger partial charge in [0.15, 0.2) is 0 Å². The van der Waals surface area contributed by atoms with Crippen LogP contribution in [0.15, 0.2) is 24.3 Å². The van der Waals surface area contributed by atoms with Crippen LogP contribution in [0.5, 0.6) is 0 Å². The smallest absolute Gasteiger partial charge is 0.408 e. The molecule has 0 aromatic heterocycles. The molecule has 36 heavy (non-hydrogen) atoms. The van der Waals surface area contributed by atoms with Gasteiger partial charge in [-0.15, -0.1) is 6.42 Å². The lowest BCUT2D eigenvalue weighted by Crippen LogP contribution is -2.48. The van der Waals surface area contributed by atoms with Crippen LogP contribution in [0, 0.1) is 12.3 Å². The third-order valence-electron chi connectivity index (χ3n) is 5.66. The summed E-state index contributed by atoms with van der Waals surface area (Å²) in [7, 11) is 0. The topological polar surface area (TPSA) is 87.7 Å². The van der Waals surface area contributed by atoms with E-state index in [9.17, 15) is 14.4 Å². The van der Waals surface area contributed by atoms with Crippen molar-refractivity contribution in [1.82, 2.24) is 15.5 Å². The predicted octanol–water partition coefficient (Wildman–Crippen LogP) is 5.34. The van der Waals surface area contributed by atoms with E-state index in [1.54, 1.807) is 37.8 Å². The lowest BCUT2D eigenvalue weighted by atomic mass is 9.97. The molecule has 0 aliphatic heterocycles. The van der Waals surface area contributed by atoms with Crippen LogP contribution in [0.1, 0.15) is 103 Å². The minimum Gasteiger partial charge on any atom is -0.444 e. The molecule has 0 saturated carbocycles. The Morgan fingerprint density at radius 2 is 1.61 bits per heavy atom. The molecule has 0 aliphatic carbocycles. The van der Waals surface area contributed by atoms with Gasteiger partial charge in [0.05, 0.1) is 0 Å². The predicted molar refractivity (Wildman–Crippen MR) is 144 cm³/mol. The number of terminal acetylenes is 1. The van der Waals surface area contributed by atoms with Crippen molar-refractivity contribution in [2.45, 2.75) is 97.6 Å². The lowest BCUT2D eigenvalue weighted by molar-refractivity contribution is -0.140. The normalized spacial score (nSPS) is 11.8. The third kappa shape index (κ3) is 11.6. The first-order valence-corrected chi connectivity index (χ1v) is 13.2. The Morgan fingerprint density at radius 1 is 0.972 bits per heavy atom. The number of ether oxygens (including phenoxy) is 1. The maximum Gasteiger partial charge on any atom is 0.408 e. The summed E-state index contributed by atoms with van der Waals surface area (Å²) in [6.45, 7) is 10.1. The Hall–Kier alpha value is -3.01. The zero-order chi connectivity index (χ0) is 27.0. The number of rotatable bonds is 15. The summed E-state index contributed by atoms with van der Waals surface area (Å²) in [5.41, 5.74) is 0.487. The van der Waals surface area contributed by atoms with Crippen LogP contribution < -0.4 is 10.6 Å². The monoisotopic (exact) mass is 499 g/mol. The summed E-state index contributed by atoms with van der Waals surface area (Å²) in [5.74, 6) is 2.02. The molecule has 0 aliphatic rings. The summed E-state index contributed by atoms with van der Waals surface area (Å²) in [6, 6.07) is 6.31. The minimum atomic E-state index is -0.891. The highest BCUT2D eigenvalue weighted by molar-refractivity contribution is 5.91. The Labute approximate surface area is 217 Å². The molecule has 1 aromatic carbocycles. The average molecular weight is 500 g/mol. The maximum atomic E-state index is 13.5. The van der Waals surface area contributed by atoms with Gasteiger partial charge in [0, 0.05) is 18.7 Å². The van der Waals surface area contributed by atoms with E-state index in [2.05, 4.69) is 30.4 Å². The fourth-order valence-electron chi connectivity index (χ4n) is 3.85. The highest BCUT2D eigenvalue weighted by atomic mass is 16.6. The number of nitrogens with zero attached hydrogens (tertiary/aromatic N) is 1. The maximum absolute atomic E-state index is 13.5. The second kappa shape index (κ2) is 16.6. The number of benzene rings is 1. The molecule has 7 heteroatoms. The molecule has 1 rings (SSSR count). The van der Waals surface area contributed by atoms with Crippen LogP contribution in [0.2, 0.25) is 0 Å². The molecule has 0 fully saturated rings.